The van der Waals surface area contributed by atoms with E-state index in [1.165, 1.54) is 37.3 Å². The number of rotatable bonds is 6. The first-order valence-corrected chi connectivity index (χ1v) is 10.1. The quantitative estimate of drug-likeness (QED) is 0.451. The topological polar surface area (TPSA) is 75.5 Å². The molecule has 0 aromatic heterocycles. The van der Waals surface area contributed by atoms with Gasteiger partial charge in [-0.1, -0.05) is 24.5 Å². The molecule has 1 N–H and O–H groups in total. The second kappa shape index (κ2) is 9.53. The first kappa shape index (κ1) is 19.4. The second-order valence-corrected chi connectivity index (χ2v) is 7.48. The molecule has 0 saturated carbocycles. The molecule has 1 aliphatic carbocycles. The van der Waals surface area contributed by atoms with Crippen molar-refractivity contribution in [2.24, 2.45) is 0 Å². The molecule has 27 heavy (non-hydrogen) atoms. The summed E-state index contributed by atoms with van der Waals surface area (Å²) in [5, 5.41) is 14.5. The zero-order chi connectivity index (χ0) is 19.1. The van der Waals surface area contributed by atoms with Gasteiger partial charge in [-0.3, -0.25) is 14.9 Å². The number of nitro benzene ring substituents is 1. The summed E-state index contributed by atoms with van der Waals surface area (Å²) < 4.78 is 0. The van der Waals surface area contributed by atoms with Crippen LogP contribution in [-0.4, -0.2) is 30.5 Å². The van der Waals surface area contributed by atoms with Gasteiger partial charge in [0.1, 0.15) is 5.69 Å². The van der Waals surface area contributed by atoms with Crippen molar-refractivity contribution in [3.8, 4) is 0 Å². The van der Waals surface area contributed by atoms with E-state index in [0.717, 1.165) is 45.2 Å². The molecule has 2 aliphatic rings. The highest BCUT2D eigenvalue weighted by Crippen LogP contribution is 2.31. The van der Waals surface area contributed by atoms with E-state index in [0.29, 0.717) is 17.8 Å². The molecule has 1 aliphatic heterocycles. The lowest BCUT2D eigenvalue weighted by Gasteiger charge is -2.22. The van der Waals surface area contributed by atoms with E-state index < -0.39 is 0 Å². The molecule has 146 valence electrons. The highest BCUT2D eigenvalue weighted by molar-refractivity contribution is 5.95. The standard InChI is InChI=1S/C21H29N3O3/c25-21(22-13-12-17-8-4-3-5-9-17)18-10-11-19(20(16-18)24(26)27)23-14-6-1-2-7-15-23/h8,10-11,16H,1-7,9,12-15H2,(H,22,25). The van der Waals surface area contributed by atoms with Crippen molar-refractivity contribution < 1.29 is 9.72 Å². The summed E-state index contributed by atoms with van der Waals surface area (Å²) in [6.45, 7) is 2.25. The Labute approximate surface area is 160 Å². The maximum absolute atomic E-state index is 12.4. The van der Waals surface area contributed by atoms with Crippen LogP contribution >= 0.6 is 0 Å². The number of hydrogen-bond acceptors (Lipinski definition) is 4. The third-order valence-electron chi connectivity index (χ3n) is 5.50. The molecular formula is C21H29N3O3. The molecule has 1 aromatic rings. The van der Waals surface area contributed by atoms with Crippen LogP contribution in [0.2, 0.25) is 0 Å². The van der Waals surface area contributed by atoms with Crippen LogP contribution in [0.25, 0.3) is 0 Å². The molecule has 1 fully saturated rings. The number of allylic oxidation sites excluding steroid dienone is 1. The van der Waals surface area contributed by atoms with Gasteiger partial charge >= 0.3 is 0 Å². The van der Waals surface area contributed by atoms with Gasteiger partial charge in [-0.2, -0.15) is 0 Å². The summed E-state index contributed by atoms with van der Waals surface area (Å²) in [5.41, 5.74) is 2.42. The van der Waals surface area contributed by atoms with Crippen LogP contribution in [0.1, 0.15) is 68.1 Å². The lowest BCUT2D eigenvalue weighted by Crippen LogP contribution is -2.26. The minimum atomic E-state index is -0.371. The Bertz CT molecular complexity index is 707. The van der Waals surface area contributed by atoms with Crippen molar-refractivity contribution >= 4 is 17.3 Å². The predicted molar refractivity (Wildman–Crippen MR) is 107 cm³/mol. The third-order valence-corrected chi connectivity index (χ3v) is 5.50. The highest BCUT2D eigenvalue weighted by atomic mass is 16.6. The summed E-state index contributed by atoms with van der Waals surface area (Å²) in [4.78, 5) is 25.7. The zero-order valence-corrected chi connectivity index (χ0v) is 15.9. The number of nitrogens with zero attached hydrogens (tertiary/aromatic N) is 2. The molecule has 1 saturated heterocycles. The monoisotopic (exact) mass is 371 g/mol. The average Bonchev–Trinajstić information content (AvgIpc) is 2.97. The minimum absolute atomic E-state index is 0.0274. The van der Waals surface area contributed by atoms with E-state index in [1.807, 2.05) is 0 Å². The van der Waals surface area contributed by atoms with Gasteiger partial charge in [0, 0.05) is 31.3 Å². The summed E-state index contributed by atoms with van der Waals surface area (Å²) in [5.74, 6) is -0.239. The number of benzene rings is 1. The van der Waals surface area contributed by atoms with Crippen LogP contribution in [0.5, 0.6) is 0 Å². The molecule has 1 amide bonds. The first-order valence-electron chi connectivity index (χ1n) is 10.1. The summed E-state index contributed by atoms with van der Waals surface area (Å²) in [6.07, 6.45) is 12.3. The number of hydrogen-bond donors (Lipinski definition) is 1. The maximum Gasteiger partial charge on any atom is 0.293 e. The van der Waals surface area contributed by atoms with Crippen LogP contribution in [0, 0.1) is 10.1 Å². The average molecular weight is 371 g/mol. The van der Waals surface area contributed by atoms with Crippen molar-refractivity contribution in [2.75, 3.05) is 24.5 Å². The van der Waals surface area contributed by atoms with Crippen molar-refractivity contribution in [3.05, 3.63) is 45.5 Å². The number of nitro groups is 1. The Kier molecular flexibility index (Phi) is 6.85. The number of anilines is 1. The van der Waals surface area contributed by atoms with Crippen LogP contribution in [0.15, 0.2) is 29.8 Å². The van der Waals surface area contributed by atoms with E-state index in [1.54, 1.807) is 12.1 Å². The van der Waals surface area contributed by atoms with Gasteiger partial charge in [0.05, 0.1) is 4.92 Å². The molecule has 3 rings (SSSR count). The zero-order valence-electron chi connectivity index (χ0n) is 15.9. The van der Waals surface area contributed by atoms with Gasteiger partial charge in [0.25, 0.3) is 11.6 Å². The molecule has 0 radical (unpaired) electrons. The normalized spacial score (nSPS) is 17.8. The minimum Gasteiger partial charge on any atom is -0.366 e. The fraction of sp³-hybridized carbons (Fsp3) is 0.571. The Morgan fingerprint density at radius 2 is 1.89 bits per heavy atom. The molecule has 6 heteroatoms. The largest absolute Gasteiger partial charge is 0.366 e. The number of carbonyl (C=O) groups excluding carboxylic acids is 1. The van der Waals surface area contributed by atoms with Crippen LogP contribution < -0.4 is 10.2 Å². The molecule has 0 spiro atoms. The Hall–Kier alpha value is -2.37. The van der Waals surface area contributed by atoms with E-state index in [9.17, 15) is 14.9 Å². The number of amides is 1. The molecule has 1 heterocycles. The van der Waals surface area contributed by atoms with Crippen molar-refractivity contribution in [1.82, 2.24) is 5.32 Å². The second-order valence-electron chi connectivity index (χ2n) is 7.48. The van der Waals surface area contributed by atoms with Gasteiger partial charge in [-0.15, -0.1) is 0 Å². The summed E-state index contributed by atoms with van der Waals surface area (Å²) >= 11 is 0. The van der Waals surface area contributed by atoms with Crippen molar-refractivity contribution in [3.63, 3.8) is 0 Å². The fourth-order valence-corrected chi connectivity index (χ4v) is 3.96. The fourth-order valence-electron chi connectivity index (χ4n) is 3.96. The van der Waals surface area contributed by atoms with Gasteiger partial charge in [-0.05, 0) is 57.1 Å². The van der Waals surface area contributed by atoms with Gasteiger partial charge in [0.15, 0.2) is 0 Å². The molecule has 0 atom stereocenters. The summed E-state index contributed by atoms with van der Waals surface area (Å²) in [6, 6.07) is 4.87. The molecular weight excluding hydrogens is 342 g/mol. The number of carbonyl (C=O) groups is 1. The molecule has 1 aromatic carbocycles. The van der Waals surface area contributed by atoms with Crippen LogP contribution in [0.4, 0.5) is 11.4 Å². The van der Waals surface area contributed by atoms with Crippen LogP contribution in [-0.2, 0) is 0 Å². The van der Waals surface area contributed by atoms with Gasteiger partial charge in [-0.25, -0.2) is 0 Å². The van der Waals surface area contributed by atoms with Crippen LogP contribution in [0.3, 0.4) is 0 Å². The lowest BCUT2D eigenvalue weighted by atomic mass is 9.97. The van der Waals surface area contributed by atoms with Gasteiger partial charge in [0.2, 0.25) is 0 Å². The third kappa shape index (κ3) is 5.31. The Morgan fingerprint density at radius 3 is 2.56 bits per heavy atom. The van der Waals surface area contributed by atoms with Crippen molar-refractivity contribution in [2.45, 2.75) is 57.8 Å². The molecule has 6 nitrogen and oxygen atoms in total. The predicted octanol–water partition coefficient (Wildman–Crippen LogP) is 4.60. The van der Waals surface area contributed by atoms with E-state index >= 15 is 0 Å². The smallest absolute Gasteiger partial charge is 0.293 e. The number of nitrogens with one attached hydrogen (secondary N) is 1. The first-order chi connectivity index (χ1) is 13.1. The lowest BCUT2D eigenvalue weighted by molar-refractivity contribution is -0.384. The Balaban J connectivity index is 1.66. The Morgan fingerprint density at radius 1 is 1.11 bits per heavy atom. The van der Waals surface area contributed by atoms with Crippen molar-refractivity contribution in [1.29, 1.82) is 0 Å². The van der Waals surface area contributed by atoms with E-state index in [-0.39, 0.29) is 16.5 Å². The van der Waals surface area contributed by atoms with E-state index in [4.69, 9.17) is 0 Å². The molecule has 0 bridgehead atoms. The maximum atomic E-state index is 12.4. The summed E-state index contributed by atoms with van der Waals surface area (Å²) in [7, 11) is 0. The van der Waals surface area contributed by atoms with Gasteiger partial charge < -0.3 is 10.2 Å². The molecule has 0 unspecified atom stereocenters. The SMILES string of the molecule is O=C(NCCC1=CCCCC1)c1ccc(N2CCCCCC2)c([N+](=O)[O-])c1. The highest BCUT2D eigenvalue weighted by Gasteiger charge is 2.22. The van der Waals surface area contributed by atoms with E-state index in [2.05, 4.69) is 16.3 Å².